The van der Waals surface area contributed by atoms with Gasteiger partial charge >= 0.3 is 6.09 Å². The minimum Gasteiger partial charge on any atom is -0.444 e. The molecule has 4 nitrogen and oxygen atoms in total. The van der Waals surface area contributed by atoms with Crippen LogP contribution >= 0.6 is 0 Å². The minimum atomic E-state index is -0.503. The van der Waals surface area contributed by atoms with Gasteiger partial charge in [-0.15, -0.1) is 0 Å². The molecule has 0 aliphatic heterocycles. The normalized spacial score (nSPS) is 12.8. The number of nitrogens with one attached hydrogen (secondary N) is 1. The number of rotatable bonds is 5. The first kappa shape index (κ1) is 15.5. The molecule has 1 amide bonds. The third-order valence-corrected chi connectivity index (χ3v) is 2.38. The van der Waals surface area contributed by atoms with Crippen LogP contribution in [0.3, 0.4) is 0 Å². The zero-order valence-corrected chi connectivity index (χ0v) is 12.1. The Morgan fingerprint density at radius 2 is 1.89 bits per heavy atom. The van der Waals surface area contributed by atoms with Crippen LogP contribution in [-0.4, -0.2) is 24.9 Å². The van der Waals surface area contributed by atoms with Gasteiger partial charge in [0.1, 0.15) is 5.60 Å². The maximum atomic E-state index is 11.8. The molecule has 0 fully saturated rings. The molecule has 1 rings (SSSR count). The fraction of sp³-hybridized carbons (Fsp3) is 0.533. The molecule has 1 aromatic carbocycles. The molecule has 0 spiro atoms. The molecule has 0 aliphatic carbocycles. The van der Waals surface area contributed by atoms with E-state index in [4.69, 9.17) is 9.47 Å². The summed E-state index contributed by atoms with van der Waals surface area (Å²) < 4.78 is 10.7. The molecular formula is C15H23NO3. The van der Waals surface area contributed by atoms with Crippen LogP contribution in [0.4, 0.5) is 4.79 Å². The second kappa shape index (κ2) is 7.14. The number of benzene rings is 1. The number of hydrogen-bond acceptors (Lipinski definition) is 3. The summed E-state index contributed by atoms with van der Waals surface area (Å²) in [4.78, 5) is 11.8. The van der Waals surface area contributed by atoms with Crippen molar-refractivity contribution in [3.8, 4) is 0 Å². The zero-order valence-electron chi connectivity index (χ0n) is 12.1. The lowest BCUT2D eigenvalue weighted by Crippen LogP contribution is -2.36. The molecule has 0 saturated carbocycles. The molecule has 0 bridgehead atoms. The Balaban J connectivity index is 2.67. The SMILES string of the molecule is CCOC[C@@H](NC(=O)OC(C)(C)C)c1ccccc1. The Bertz CT molecular complexity index is 384. The second-order valence-corrected chi connectivity index (χ2v) is 5.27. The summed E-state index contributed by atoms with van der Waals surface area (Å²) in [5.41, 5.74) is 0.499. The third-order valence-electron chi connectivity index (χ3n) is 2.38. The fourth-order valence-electron chi connectivity index (χ4n) is 1.59. The Morgan fingerprint density at radius 3 is 2.42 bits per heavy atom. The van der Waals surface area contributed by atoms with Crippen molar-refractivity contribution in [1.29, 1.82) is 0 Å². The maximum Gasteiger partial charge on any atom is 0.408 e. The third kappa shape index (κ3) is 6.25. The van der Waals surface area contributed by atoms with Gasteiger partial charge in [-0.25, -0.2) is 4.79 Å². The summed E-state index contributed by atoms with van der Waals surface area (Å²) in [6.45, 7) is 8.49. The molecule has 4 heteroatoms. The molecule has 0 radical (unpaired) electrons. The fourth-order valence-corrected chi connectivity index (χ4v) is 1.59. The van der Waals surface area contributed by atoms with Crippen LogP contribution in [0, 0.1) is 0 Å². The molecule has 106 valence electrons. The monoisotopic (exact) mass is 265 g/mol. The number of ether oxygens (including phenoxy) is 2. The average molecular weight is 265 g/mol. The quantitative estimate of drug-likeness (QED) is 0.888. The molecule has 0 aromatic heterocycles. The summed E-state index contributed by atoms with van der Waals surface area (Å²) in [6.07, 6.45) is -0.430. The van der Waals surface area contributed by atoms with Crippen LogP contribution in [-0.2, 0) is 9.47 Å². The second-order valence-electron chi connectivity index (χ2n) is 5.27. The number of carbonyl (C=O) groups excluding carboxylic acids is 1. The van der Waals surface area contributed by atoms with Crippen molar-refractivity contribution < 1.29 is 14.3 Å². The number of carbonyl (C=O) groups is 1. The highest BCUT2D eigenvalue weighted by Gasteiger charge is 2.20. The van der Waals surface area contributed by atoms with Gasteiger partial charge in [0, 0.05) is 6.61 Å². The predicted molar refractivity (Wildman–Crippen MR) is 75.0 cm³/mol. The summed E-state index contributed by atoms with van der Waals surface area (Å²) in [7, 11) is 0. The van der Waals surface area contributed by atoms with Crippen molar-refractivity contribution in [3.05, 3.63) is 35.9 Å². The van der Waals surface area contributed by atoms with Gasteiger partial charge in [-0.1, -0.05) is 30.3 Å². The van der Waals surface area contributed by atoms with Crippen LogP contribution in [0.15, 0.2) is 30.3 Å². The van der Waals surface area contributed by atoms with E-state index in [1.807, 2.05) is 58.0 Å². The molecule has 1 atom stereocenters. The summed E-state index contributed by atoms with van der Waals surface area (Å²) >= 11 is 0. The molecule has 0 heterocycles. The molecular weight excluding hydrogens is 242 g/mol. The smallest absolute Gasteiger partial charge is 0.408 e. The van der Waals surface area contributed by atoms with Gasteiger partial charge in [0.2, 0.25) is 0 Å². The minimum absolute atomic E-state index is 0.198. The van der Waals surface area contributed by atoms with Crippen LogP contribution < -0.4 is 5.32 Å². The van der Waals surface area contributed by atoms with E-state index in [1.54, 1.807) is 0 Å². The van der Waals surface area contributed by atoms with Gasteiger partial charge in [0.15, 0.2) is 0 Å². The lowest BCUT2D eigenvalue weighted by atomic mass is 10.1. The first-order chi connectivity index (χ1) is 8.92. The van der Waals surface area contributed by atoms with E-state index in [0.717, 1.165) is 5.56 Å². The molecule has 0 unspecified atom stereocenters. The molecule has 19 heavy (non-hydrogen) atoms. The van der Waals surface area contributed by atoms with E-state index >= 15 is 0 Å². The highest BCUT2D eigenvalue weighted by atomic mass is 16.6. The standard InChI is InChI=1S/C15H23NO3/c1-5-18-11-13(12-9-7-6-8-10-12)16-14(17)19-15(2,3)4/h6-10,13H,5,11H2,1-4H3,(H,16,17)/t13-/m1/s1. The lowest BCUT2D eigenvalue weighted by molar-refractivity contribution is 0.0448. The number of hydrogen-bond donors (Lipinski definition) is 1. The van der Waals surface area contributed by atoms with Crippen molar-refractivity contribution >= 4 is 6.09 Å². The van der Waals surface area contributed by atoms with Crippen LogP contribution in [0.2, 0.25) is 0 Å². The van der Waals surface area contributed by atoms with Crippen LogP contribution in [0.1, 0.15) is 39.3 Å². The topological polar surface area (TPSA) is 47.6 Å². The van der Waals surface area contributed by atoms with Gasteiger partial charge in [0.25, 0.3) is 0 Å². The van der Waals surface area contributed by atoms with Gasteiger partial charge in [0.05, 0.1) is 12.6 Å². The van der Waals surface area contributed by atoms with E-state index in [2.05, 4.69) is 5.32 Å². The summed E-state index contributed by atoms with van der Waals surface area (Å²) in [6, 6.07) is 9.53. The van der Waals surface area contributed by atoms with Gasteiger partial charge in [-0.2, -0.15) is 0 Å². The van der Waals surface area contributed by atoms with Gasteiger partial charge in [-0.05, 0) is 33.3 Å². The summed E-state index contributed by atoms with van der Waals surface area (Å²) in [5.74, 6) is 0. The van der Waals surface area contributed by atoms with E-state index in [0.29, 0.717) is 13.2 Å². The van der Waals surface area contributed by atoms with E-state index in [-0.39, 0.29) is 6.04 Å². The first-order valence-electron chi connectivity index (χ1n) is 6.54. The first-order valence-corrected chi connectivity index (χ1v) is 6.54. The number of alkyl carbamates (subject to hydrolysis) is 1. The van der Waals surface area contributed by atoms with Crippen LogP contribution in [0.5, 0.6) is 0 Å². The zero-order chi connectivity index (χ0) is 14.3. The highest BCUT2D eigenvalue weighted by molar-refractivity contribution is 5.68. The number of amides is 1. The highest BCUT2D eigenvalue weighted by Crippen LogP contribution is 2.14. The van der Waals surface area contributed by atoms with Crippen molar-refractivity contribution in [2.45, 2.75) is 39.3 Å². The van der Waals surface area contributed by atoms with Crippen molar-refractivity contribution in [2.75, 3.05) is 13.2 Å². The molecule has 1 aromatic rings. The lowest BCUT2D eigenvalue weighted by Gasteiger charge is -2.23. The Kier molecular flexibility index (Phi) is 5.83. The van der Waals surface area contributed by atoms with Crippen LogP contribution in [0.25, 0.3) is 0 Å². The van der Waals surface area contributed by atoms with Gasteiger partial charge < -0.3 is 14.8 Å². The van der Waals surface area contributed by atoms with Crippen molar-refractivity contribution in [2.24, 2.45) is 0 Å². The average Bonchev–Trinajstić information content (AvgIpc) is 2.33. The Hall–Kier alpha value is -1.55. The molecule has 1 N–H and O–H groups in total. The predicted octanol–water partition coefficient (Wildman–Crippen LogP) is 3.29. The maximum absolute atomic E-state index is 11.8. The van der Waals surface area contributed by atoms with Crippen molar-refractivity contribution in [1.82, 2.24) is 5.32 Å². The van der Waals surface area contributed by atoms with Gasteiger partial charge in [-0.3, -0.25) is 0 Å². The Morgan fingerprint density at radius 1 is 1.26 bits per heavy atom. The van der Waals surface area contributed by atoms with E-state index in [1.165, 1.54) is 0 Å². The summed E-state index contributed by atoms with van der Waals surface area (Å²) in [5, 5.41) is 2.84. The molecule has 0 aliphatic rings. The van der Waals surface area contributed by atoms with Crippen molar-refractivity contribution in [3.63, 3.8) is 0 Å². The Labute approximate surface area is 115 Å². The molecule has 0 saturated heterocycles. The van der Waals surface area contributed by atoms with E-state index in [9.17, 15) is 4.79 Å². The largest absolute Gasteiger partial charge is 0.444 e. The van der Waals surface area contributed by atoms with E-state index < -0.39 is 11.7 Å².